The van der Waals surface area contributed by atoms with Gasteiger partial charge in [-0.25, -0.2) is 14.2 Å². The summed E-state index contributed by atoms with van der Waals surface area (Å²) in [4.78, 5) is 16.0. The van der Waals surface area contributed by atoms with Crippen molar-refractivity contribution in [2.24, 2.45) is 5.41 Å². The van der Waals surface area contributed by atoms with Crippen LogP contribution >= 0.6 is 0 Å². The van der Waals surface area contributed by atoms with Crippen LogP contribution in [0.1, 0.15) is 102 Å². The number of rotatable bonds is 8. The molecular formula is C30H46FNO3Si. The van der Waals surface area contributed by atoms with Gasteiger partial charge in [-0.15, -0.1) is 0 Å². The standard InChI is InChI=1S/C29H42FNO3Si.CH4/c1-19(2)35(6,7)34-25-17-29(3,4)16-24-27(25)26(20-12-14-22(30)15-13-20)23(18-33-32-5)28(31-24)21-10-8-9-11-21;/h12-15,19,21,25H,8-11,16-18H2,1-7H3;1H4. The van der Waals surface area contributed by atoms with Gasteiger partial charge in [-0.1, -0.05) is 60.1 Å². The molecule has 1 heterocycles. The van der Waals surface area contributed by atoms with Gasteiger partial charge in [0.2, 0.25) is 0 Å². The second kappa shape index (κ2) is 11.4. The van der Waals surface area contributed by atoms with Gasteiger partial charge in [-0.2, -0.15) is 0 Å². The Kier molecular flexibility index (Phi) is 9.19. The zero-order valence-corrected chi connectivity index (χ0v) is 23.5. The maximum absolute atomic E-state index is 14.0. The van der Waals surface area contributed by atoms with Crippen LogP contribution in [0.25, 0.3) is 11.1 Å². The first kappa shape index (κ1) is 29.0. The summed E-state index contributed by atoms with van der Waals surface area (Å²) in [5.74, 6) is 0.186. The Bertz CT molecular complexity index is 1030. The van der Waals surface area contributed by atoms with E-state index in [2.05, 4.69) is 40.8 Å². The van der Waals surface area contributed by atoms with Gasteiger partial charge in [0, 0.05) is 22.7 Å². The maximum atomic E-state index is 14.0. The minimum absolute atomic E-state index is 0. The lowest BCUT2D eigenvalue weighted by Gasteiger charge is -2.42. The molecule has 6 heteroatoms. The van der Waals surface area contributed by atoms with Crippen LogP contribution < -0.4 is 0 Å². The smallest absolute Gasteiger partial charge is 0.190 e. The highest BCUT2D eigenvalue weighted by Gasteiger charge is 2.41. The molecule has 4 nitrogen and oxygen atoms in total. The molecular weight excluding hydrogens is 469 g/mol. The maximum Gasteiger partial charge on any atom is 0.190 e. The zero-order chi connectivity index (χ0) is 25.4. The fourth-order valence-corrected chi connectivity index (χ4v) is 6.88. The normalized spacial score (nSPS) is 19.9. The molecule has 0 bridgehead atoms. The number of benzene rings is 1. The Hall–Kier alpha value is -1.60. The van der Waals surface area contributed by atoms with E-state index in [0.717, 1.165) is 53.8 Å². The van der Waals surface area contributed by atoms with E-state index >= 15 is 0 Å². The second-order valence-electron chi connectivity index (χ2n) is 12.0. The summed E-state index contributed by atoms with van der Waals surface area (Å²) < 4.78 is 21.0. The second-order valence-corrected chi connectivity index (χ2v) is 16.6. The summed E-state index contributed by atoms with van der Waals surface area (Å²) in [5.41, 5.74) is 7.21. The highest BCUT2D eigenvalue weighted by molar-refractivity contribution is 6.72. The molecule has 1 saturated carbocycles. The molecule has 1 aromatic carbocycles. The van der Waals surface area contributed by atoms with Gasteiger partial charge in [-0.05, 0) is 73.0 Å². The number of aromatic nitrogens is 1. The Morgan fingerprint density at radius 2 is 1.75 bits per heavy atom. The Labute approximate surface area is 219 Å². The number of hydrogen-bond acceptors (Lipinski definition) is 4. The van der Waals surface area contributed by atoms with E-state index in [4.69, 9.17) is 19.2 Å². The molecule has 1 unspecified atom stereocenters. The van der Waals surface area contributed by atoms with Crippen molar-refractivity contribution in [3.05, 3.63) is 52.6 Å². The minimum atomic E-state index is -1.96. The molecule has 1 aromatic heterocycles. The predicted molar refractivity (Wildman–Crippen MR) is 148 cm³/mol. The summed E-state index contributed by atoms with van der Waals surface area (Å²) in [7, 11) is -0.412. The number of nitrogens with zero attached hydrogens (tertiary/aromatic N) is 1. The molecule has 0 N–H and O–H groups in total. The van der Waals surface area contributed by atoms with Crippen molar-refractivity contribution in [2.75, 3.05) is 7.11 Å². The molecule has 0 spiro atoms. The van der Waals surface area contributed by atoms with Gasteiger partial charge in [-0.3, -0.25) is 4.98 Å². The number of pyridine rings is 1. The van der Waals surface area contributed by atoms with Gasteiger partial charge in [0.25, 0.3) is 0 Å². The van der Waals surface area contributed by atoms with Crippen molar-refractivity contribution in [2.45, 2.75) is 111 Å². The summed E-state index contributed by atoms with van der Waals surface area (Å²) >= 11 is 0. The SMILES string of the molecule is C.COOCc1c(C2CCCC2)nc2c(c1-c1ccc(F)cc1)C(O[Si](C)(C)C(C)C)CC(C)(C)C2. The fraction of sp³-hybridized carbons (Fsp3) is 0.633. The minimum Gasteiger partial charge on any atom is -0.410 e. The van der Waals surface area contributed by atoms with Gasteiger partial charge < -0.3 is 4.43 Å². The van der Waals surface area contributed by atoms with E-state index < -0.39 is 8.32 Å². The number of fused-ring (bicyclic) bond motifs is 1. The van der Waals surface area contributed by atoms with Crippen LogP contribution in [0.15, 0.2) is 24.3 Å². The first-order valence-corrected chi connectivity index (χ1v) is 16.2. The van der Waals surface area contributed by atoms with Crippen molar-refractivity contribution < 1.29 is 18.6 Å². The molecule has 2 aliphatic carbocycles. The van der Waals surface area contributed by atoms with Gasteiger partial charge in [0.05, 0.1) is 18.9 Å². The molecule has 2 aliphatic rings. The first-order valence-electron chi connectivity index (χ1n) is 13.2. The summed E-state index contributed by atoms with van der Waals surface area (Å²) in [6.07, 6.45) is 6.54. The molecule has 0 radical (unpaired) electrons. The van der Waals surface area contributed by atoms with Gasteiger partial charge >= 0.3 is 0 Å². The molecule has 0 amide bonds. The van der Waals surface area contributed by atoms with Crippen molar-refractivity contribution in [3.8, 4) is 11.1 Å². The lowest BCUT2D eigenvalue weighted by atomic mass is 9.72. The molecule has 0 aliphatic heterocycles. The predicted octanol–water partition coefficient (Wildman–Crippen LogP) is 8.90. The van der Waals surface area contributed by atoms with Crippen LogP contribution in [-0.2, 0) is 27.2 Å². The highest BCUT2D eigenvalue weighted by atomic mass is 28.4. The van der Waals surface area contributed by atoms with Crippen LogP contribution in [0.4, 0.5) is 4.39 Å². The van der Waals surface area contributed by atoms with E-state index in [-0.39, 0.29) is 24.8 Å². The third kappa shape index (κ3) is 6.09. The average molecular weight is 516 g/mol. The number of hydrogen-bond donors (Lipinski definition) is 0. The van der Waals surface area contributed by atoms with Crippen LogP contribution in [0.2, 0.25) is 18.6 Å². The van der Waals surface area contributed by atoms with Gasteiger partial charge in [0.1, 0.15) is 12.4 Å². The van der Waals surface area contributed by atoms with E-state index in [1.54, 1.807) is 19.2 Å². The molecule has 36 heavy (non-hydrogen) atoms. The molecule has 4 rings (SSSR count). The van der Waals surface area contributed by atoms with Crippen LogP contribution in [-0.4, -0.2) is 20.4 Å². The van der Waals surface area contributed by atoms with E-state index in [0.29, 0.717) is 18.1 Å². The van der Waals surface area contributed by atoms with Crippen molar-refractivity contribution in [1.29, 1.82) is 0 Å². The van der Waals surface area contributed by atoms with Crippen LogP contribution in [0.3, 0.4) is 0 Å². The molecule has 0 saturated heterocycles. The quantitative estimate of drug-likeness (QED) is 0.200. The van der Waals surface area contributed by atoms with E-state index in [1.165, 1.54) is 18.4 Å². The number of halogens is 1. The Balaban J connectivity index is 0.00000361. The van der Waals surface area contributed by atoms with Crippen LogP contribution in [0, 0.1) is 11.2 Å². The topological polar surface area (TPSA) is 40.6 Å². The highest BCUT2D eigenvalue weighted by Crippen LogP contribution is 2.50. The monoisotopic (exact) mass is 515 g/mol. The fourth-order valence-electron chi connectivity index (χ4n) is 5.67. The van der Waals surface area contributed by atoms with Crippen molar-refractivity contribution >= 4 is 8.32 Å². The molecule has 1 fully saturated rings. The average Bonchev–Trinajstić information content (AvgIpc) is 3.31. The van der Waals surface area contributed by atoms with Crippen LogP contribution in [0.5, 0.6) is 0 Å². The molecule has 1 atom stereocenters. The largest absolute Gasteiger partial charge is 0.410 e. The third-order valence-corrected chi connectivity index (χ3v) is 11.9. The lowest BCUT2D eigenvalue weighted by Crippen LogP contribution is -2.39. The van der Waals surface area contributed by atoms with E-state index in [1.807, 2.05) is 12.1 Å². The summed E-state index contributed by atoms with van der Waals surface area (Å²) in [6, 6.07) is 6.88. The molecule has 200 valence electrons. The summed E-state index contributed by atoms with van der Waals surface area (Å²) in [6.45, 7) is 14.1. The van der Waals surface area contributed by atoms with Gasteiger partial charge in [0.15, 0.2) is 8.32 Å². The zero-order valence-electron chi connectivity index (χ0n) is 22.5. The Morgan fingerprint density at radius 1 is 1.11 bits per heavy atom. The lowest BCUT2D eigenvalue weighted by molar-refractivity contribution is -0.282. The summed E-state index contributed by atoms with van der Waals surface area (Å²) in [5, 5.41) is 0. The third-order valence-electron chi connectivity index (χ3n) is 8.18. The van der Waals surface area contributed by atoms with E-state index in [9.17, 15) is 4.39 Å². The van der Waals surface area contributed by atoms with Crippen molar-refractivity contribution in [1.82, 2.24) is 4.98 Å². The molecule has 2 aromatic rings. The first-order chi connectivity index (χ1) is 16.5. The Morgan fingerprint density at radius 3 is 2.33 bits per heavy atom. The van der Waals surface area contributed by atoms with Crippen molar-refractivity contribution in [3.63, 3.8) is 0 Å².